The summed E-state index contributed by atoms with van der Waals surface area (Å²) in [7, 11) is -2.52. The number of aromatic nitrogens is 3. The monoisotopic (exact) mass is 425 g/mol. The minimum Gasteiger partial charge on any atom is -0.479 e. The molecule has 0 bridgehead atoms. The van der Waals surface area contributed by atoms with Crippen molar-refractivity contribution < 1.29 is 26.7 Å². The van der Waals surface area contributed by atoms with Gasteiger partial charge >= 0.3 is 0 Å². The van der Waals surface area contributed by atoms with E-state index in [4.69, 9.17) is 4.74 Å². The molecule has 3 aromatic rings. The maximum absolute atomic E-state index is 14.7. The molecule has 1 amide bonds. The molecule has 0 fully saturated rings. The zero-order valence-electron chi connectivity index (χ0n) is 15.2. The van der Waals surface area contributed by atoms with Gasteiger partial charge in [0.2, 0.25) is 15.9 Å². The van der Waals surface area contributed by atoms with Gasteiger partial charge in [0.1, 0.15) is 0 Å². The Labute approximate surface area is 164 Å². The predicted molar refractivity (Wildman–Crippen MR) is 103 cm³/mol. The molecule has 0 spiro atoms. The standard InChI is InChI=1S/C17H17F2N5O4S/c1-28-17-12-8-10(9-20-15(12)22-23-17)21-16(25)11-4-2-5-13(14(11)19)24-29(26,27)7-3-6-18/h2,4-5,8-9,24H,3,6-7H2,1H3,(H,21,25)(H,20,22,23). The van der Waals surface area contributed by atoms with Crippen LogP contribution in [-0.4, -0.2) is 49.0 Å². The number of carbonyl (C=O) groups excluding carboxylic acids is 1. The summed E-state index contributed by atoms with van der Waals surface area (Å²) in [4.78, 5) is 16.6. The molecule has 1 aromatic carbocycles. The van der Waals surface area contributed by atoms with Crippen LogP contribution in [0.3, 0.4) is 0 Å². The molecule has 29 heavy (non-hydrogen) atoms. The molecule has 0 unspecified atom stereocenters. The summed E-state index contributed by atoms with van der Waals surface area (Å²) in [6, 6.07) is 5.24. The lowest BCUT2D eigenvalue weighted by Gasteiger charge is -2.11. The molecule has 3 rings (SSSR count). The molecule has 0 aliphatic heterocycles. The molecule has 2 heterocycles. The van der Waals surface area contributed by atoms with Crippen molar-refractivity contribution in [2.24, 2.45) is 0 Å². The number of halogens is 2. The highest BCUT2D eigenvalue weighted by atomic mass is 32.2. The lowest BCUT2D eigenvalue weighted by molar-refractivity contribution is 0.102. The fourth-order valence-electron chi connectivity index (χ4n) is 2.55. The number of rotatable bonds is 8. The first-order valence-electron chi connectivity index (χ1n) is 8.39. The maximum atomic E-state index is 14.7. The highest BCUT2D eigenvalue weighted by Crippen LogP contribution is 2.25. The number of nitrogens with one attached hydrogen (secondary N) is 3. The van der Waals surface area contributed by atoms with Gasteiger partial charge in [-0.3, -0.25) is 19.0 Å². The van der Waals surface area contributed by atoms with Crippen LogP contribution in [-0.2, 0) is 10.0 Å². The topological polar surface area (TPSA) is 126 Å². The number of fused-ring (bicyclic) bond motifs is 1. The maximum Gasteiger partial charge on any atom is 0.258 e. The van der Waals surface area contributed by atoms with Crippen LogP contribution in [0.1, 0.15) is 16.8 Å². The molecule has 0 aliphatic carbocycles. The number of anilines is 2. The third-order valence-electron chi connectivity index (χ3n) is 3.89. The Morgan fingerprint density at radius 3 is 2.86 bits per heavy atom. The van der Waals surface area contributed by atoms with Gasteiger partial charge < -0.3 is 10.1 Å². The van der Waals surface area contributed by atoms with E-state index in [1.807, 2.05) is 4.72 Å². The van der Waals surface area contributed by atoms with E-state index in [1.165, 1.54) is 31.5 Å². The first-order valence-corrected chi connectivity index (χ1v) is 10.0. The van der Waals surface area contributed by atoms with E-state index >= 15 is 0 Å². The predicted octanol–water partition coefficient (Wildman–Crippen LogP) is 2.46. The molecule has 0 radical (unpaired) electrons. The molecule has 9 nitrogen and oxygen atoms in total. The molecular weight excluding hydrogens is 408 g/mol. The SMILES string of the molecule is COc1n[nH]c2ncc(NC(=O)c3cccc(NS(=O)(=O)CCCF)c3F)cc12. The third kappa shape index (κ3) is 4.59. The number of hydrogen-bond acceptors (Lipinski definition) is 6. The molecule has 0 atom stereocenters. The lowest BCUT2D eigenvalue weighted by Crippen LogP contribution is -2.20. The van der Waals surface area contributed by atoms with E-state index in [0.717, 1.165) is 0 Å². The van der Waals surface area contributed by atoms with Gasteiger partial charge in [0, 0.05) is 0 Å². The molecule has 154 valence electrons. The summed E-state index contributed by atoms with van der Waals surface area (Å²) in [5, 5.41) is 9.56. The molecule has 0 saturated carbocycles. The Balaban J connectivity index is 1.83. The fraction of sp³-hybridized carbons (Fsp3) is 0.235. The summed E-state index contributed by atoms with van der Waals surface area (Å²) in [5.41, 5.74) is -0.0808. The van der Waals surface area contributed by atoms with E-state index in [2.05, 4.69) is 20.5 Å². The van der Waals surface area contributed by atoms with E-state index in [9.17, 15) is 22.0 Å². The number of hydrogen-bond donors (Lipinski definition) is 3. The highest BCUT2D eigenvalue weighted by molar-refractivity contribution is 7.92. The van der Waals surface area contributed by atoms with Crippen molar-refractivity contribution in [3.05, 3.63) is 41.8 Å². The van der Waals surface area contributed by atoms with Crippen LogP contribution in [0.2, 0.25) is 0 Å². The summed E-state index contributed by atoms with van der Waals surface area (Å²) in [6.45, 7) is -0.814. The van der Waals surface area contributed by atoms with Crippen LogP contribution >= 0.6 is 0 Å². The van der Waals surface area contributed by atoms with E-state index in [-0.39, 0.29) is 23.6 Å². The number of alkyl halides is 1. The van der Waals surface area contributed by atoms with Crippen molar-refractivity contribution in [2.75, 3.05) is 29.6 Å². The van der Waals surface area contributed by atoms with Crippen molar-refractivity contribution in [3.63, 3.8) is 0 Å². The Kier molecular flexibility index (Phi) is 5.92. The van der Waals surface area contributed by atoms with Crippen LogP contribution in [0.25, 0.3) is 11.0 Å². The number of methoxy groups -OCH3 is 1. The van der Waals surface area contributed by atoms with Crippen molar-refractivity contribution in [1.82, 2.24) is 15.2 Å². The number of aromatic amines is 1. The Morgan fingerprint density at radius 2 is 2.14 bits per heavy atom. The Bertz CT molecular complexity index is 1150. The summed E-state index contributed by atoms with van der Waals surface area (Å²) < 4.78 is 57.7. The smallest absolute Gasteiger partial charge is 0.258 e. The van der Waals surface area contributed by atoms with Crippen LogP contribution in [0.15, 0.2) is 30.5 Å². The minimum absolute atomic E-state index is 0.218. The molecule has 12 heteroatoms. The number of sulfonamides is 1. The number of ether oxygens (including phenoxy) is 1. The van der Waals surface area contributed by atoms with Gasteiger partial charge in [0.05, 0.1) is 48.1 Å². The minimum atomic E-state index is -3.94. The largest absolute Gasteiger partial charge is 0.479 e. The summed E-state index contributed by atoms with van der Waals surface area (Å²) >= 11 is 0. The fourth-order valence-corrected chi connectivity index (χ4v) is 3.64. The van der Waals surface area contributed by atoms with Gasteiger partial charge in [-0.2, -0.15) is 0 Å². The lowest BCUT2D eigenvalue weighted by atomic mass is 10.1. The number of amides is 1. The molecule has 2 aromatic heterocycles. The van der Waals surface area contributed by atoms with Crippen molar-refractivity contribution >= 4 is 38.3 Å². The number of nitrogens with zero attached hydrogens (tertiary/aromatic N) is 2. The van der Waals surface area contributed by atoms with Gasteiger partial charge in [-0.05, 0) is 24.6 Å². The Morgan fingerprint density at radius 1 is 1.34 bits per heavy atom. The van der Waals surface area contributed by atoms with E-state index in [0.29, 0.717) is 11.0 Å². The van der Waals surface area contributed by atoms with Gasteiger partial charge in [0.25, 0.3) is 5.91 Å². The third-order valence-corrected chi connectivity index (χ3v) is 5.25. The van der Waals surface area contributed by atoms with Crippen molar-refractivity contribution in [1.29, 1.82) is 0 Å². The average molecular weight is 425 g/mol. The molecular formula is C17H17F2N5O4S. The molecule has 0 aliphatic rings. The second kappa shape index (κ2) is 8.39. The van der Waals surface area contributed by atoms with Crippen molar-refractivity contribution in [2.45, 2.75) is 6.42 Å². The molecule has 3 N–H and O–H groups in total. The second-order valence-electron chi connectivity index (χ2n) is 5.94. The highest BCUT2D eigenvalue weighted by Gasteiger charge is 2.19. The molecule has 0 saturated heterocycles. The van der Waals surface area contributed by atoms with Crippen LogP contribution in [0, 0.1) is 5.82 Å². The van der Waals surface area contributed by atoms with Gasteiger partial charge in [-0.1, -0.05) is 6.07 Å². The summed E-state index contributed by atoms with van der Waals surface area (Å²) in [6.07, 6.45) is 1.13. The van der Waals surface area contributed by atoms with E-state index in [1.54, 1.807) is 6.07 Å². The number of pyridine rings is 1. The van der Waals surface area contributed by atoms with Crippen LogP contribution < -0.4 is 14.8 Å². The van der Waals surface area contributed by atoms with Crippen molar-refractivity contribution in [3.8, 4) is 5.88 Å². The van der Waals surface area contributed by atoms with Crippen LogP contribution in [0.5, 0.6) is 5.88 Å². The van der Waals surface area contributed by atoms with Gasteiger partial charge in [-0.15, -0.1) is 5.10 Å². The average Bonchev–Trinajstić information content (AvgIpc) is 3.10. The van der Waals surface area contributed by atoms with Gasteiger partial charge in [-0.25, -0.2) is 17.8 Å². The summed E-state index contributed by atoms with van der Waals surface area (Å²) in [5.74, 6) is -2.09. The Hall–Kier alpha value is -3.28. The first-order chi connectivity index (χ1) is 13.8. The van der Waals surface area contributed by atoms with Crippen LogP contribution in [0.4, 0.5) is 20.2 Å². The quantitative estimate of drug-likeness (QED) is 0.509. The number of benzene rings is 1. The normalized spacial score (nSPS) is 11.4. The zero-order valence-corrected chi connectivity index (χ0v) is 16.0. The number of H-pyrrole nitrogens is 1. The second-order valence-corrected chi connectivity index (χ2v) is 7.78. The van der Waals surface area contributed by atoms with Gasteiger partial charge in [0.15, 0.2) is 11.5 Å². The first kappa shape index (κ1) is 20.5. The number of carbonyl (C=O) groups is 1. The zero-order chi connectivity index (χ0) is 21.0. The van der Waals surface area contributed by atoms with E-state index < -0.39 is 39.9 Å².